The van der Waals surface area contributed by atoms with Crippen LogP contribution in [0.2, 0.25) is 0 Å². The summed E-state index contributed by atoms with van der Waals surface area (Å²) in [5.74, 6) is 0.358. The zero-order valence-electron chi connectivity index (χ0n) is 19.3. The standard InChI is InChI=1S/C24H27FN6O3/c1-12-10-30(3)11-18(12)31(24(32)33)19-7-14-6-15(20(25)21(26)17(14)9-28-19)16-8-29-23-22(13(16)2)27-4-5-34-23/h6-9,12,18,27H,4-5,10-11,26H2,1-3H3,(H,32,33)/t12-,18+/m0/s1. The maximum absolute atomic E-state index is 15.4. The summed E-state index contributed by atoms with van der Waals surface area (Å²) in [4.78, 5) is 24.3. The number of nitrogen functional groups attached to an aromatic ring is 1. The van der Waals surface area contributed by atoms with E-state index in [1.807, 2.05) is 20.9 Å². The van der Waals surface area contributed by atoms with Crippen LogP contribution in [0.5, 0.6) is 5.88 Å². The molecule has 0 unspecified atom stereocenters. The lowest BCUT2D eigenvalue weighted by Crippen LogP contribution is -2.44. The molecule has 2 aromatic heterocycles. The molecule has 0 radical (unpaired) electrons. The van der Waals surface area contributed by atoms with Gasteiger partial charge in [0.05, 0.1) is 11.7 Å². The summed E-state index contributed by atoms with van der Waals surface area (Å²) in [7, 11) is 1.97. The number of fused-ring (bicyclic) bond motifs is 2. The maximum atomic E-state index is 15.4. The van der Waals surface area contributed by atoms with Crippen molar-refractivity contribution >= 4 is 34.1 Å². The molecule has 2 atom stereocenters. The number of benzene rings is 1. The number of amides is 1. The van der Waals surface area contributed by atoms with Crippen LogP contribution < -0.4 is 20.7 Å². The fraction of sp³-hybridized carbons (Fsp3) is 0.375. The van der Waals surface area contributed by atoms with Crippen molar-refractivity contribution in [3.63, 3.8) is 0 Å². The van der Waals surface area contributed by atoms with E-state index in [0.29, 0.717) is 47.7 Å². The molecule has 0 bridgehead atoms. The molecule has 1 aromatic carbocycles. The minimum atomic E-state index is -1.07. The normalized spacial score (nSPS) is 20.0. The molecule has 2 aliphatic rings. The highest BCUT2D eigenvalue weighted by Gasteiger charge is 2.36. The van der Waals surface area contributed by atoms with Gasteiger partial charge in [-0.2, -0.15) is 0 Å². The number of ether oxygens (including phenoxy) is 1. The number of nitrogens with one attached hydrogen (secondary N) is 1. The first kappa shape index (κ1) is 22.1. The predicted molar refractivity (Wildman–Crippen MR) is 129 cm³/mol. The number of nitrogens with two attached hydrogens (primary N) is 1. The average molecular weight is 467 g/mol. The van der Waals surface area contributed by atoms with Crippen LogP contribution >= 0.6 is 0 Å². The van der Waals surface area contributed by atoms with Gasteiger partial charge in [-0.25, -0.2) is 19.2 Å². The van der Waals surface area contributed by atoms with Crippen LogP contribution in [0.25, 0.3) is 21.9 Å². The number of hydrogen-bond donors (Lipinski definition) is 3. The number of carbonyl (C=O) groups is 1. The van der Waals surface area contributed by atoms with Crippen molar-refractivity contribution in [1.29, 1.82) is 0 Å². The smallest absolute Gasteiger partial charge is 0.413 e. The van der Waals surface area contributed by atoms with Crippen LogP contribution in [0.4, 0.5) is 26.4 Å². The molecule has 4 N–H and O–H groups in total. The molecule has 5 rings (SSSR count). The molecule has 178 valence electrons. The number of rotatable bonds is 3. The highest BCUT2D eigenvalue weighted by Crippen LogP contribution is 2.40. The van der Waals surface area contributed by atoms with E-state index in [1.165, 1.54) is 11.1 Å². The van der Waals surface area contributed by atoms with Crippen molar-refractivity contribution in [1.82, 2.24) is 14.9 Å². The third-order valence-electron chi connectivity index (χ3n) is 6.76. The number of pyridine rings is 2. The lowest BCUT2D eigenvalue weighted by atomic mass is 9.97. The van der Waals surface area contributed by atoms with Crippen molar-refractivity contribution in [2.75, 3.05) is 49.2 Å². The Bertz CT molecular complexity index is 1300. The van der Waals surface area contributed by atoms with Gasteiger partial charge in [-0.3, -0.25) is 4.90 Å². The molecular formula is C24H27FN6O3. The molecule has 9 nitrogen and oxygen atoms in total. The minimum absolute atomic E-state index is 0.0382. The van der Waals surface area contributed by atoms with Crippen LogP contribution in [-0.4, -0.2) is 65.4 Å². The molecule has 1 saturated heterocycles. The van der Waals surface area contributed by atoms with Crippen LogP contribution in [0.3, 0.4) is 0 Å². The quantitative estimate of drug-likeness (QED) is 0.502. The van der Waals surface area contributed by atoms with E-state index in [9.17, 15) is 9.90 Å². The highest BCUT2D eigenvalue weighted by atomic mass is 19.1. The Labute approximate surface area is 196 Å². The first-order chi connectivity index (χ1) is 16.3. The number of halogens is 1. The second kappa shape index (κ2) is 8.28. The third-order valence-corrected chi connectivity index (χ3v) is 6.76. The van der Waals surface area contributed by atoms with Crippen molar-refractivity contribution in [2.45, 2.75) is 19.9 Å². The summed E-state index contributed by atoms with van der Waals surface area (Å²) in [6, 6.07) is 3.11. The third kappa shape index (κ3) is 3.54. The molecule has 34 heavy (non-hydrogen) atoms. The van der Waals surface area contributed by atoms with Gasteiger partial charge in [0.1, 0.15) is 18.1 Å². The summed E-state index contributed by atoms with van der Waals surface area (Å²) in [5, 5.41) is 14.3. The SMILES string of the molecule is Cc1c(-c2cc3cc(N(C(=O)O)[C@@H]4CN(C)C[C@@H]4C)ncc3c(N)c2F)cnc2c1NCCO2. The molecule has 1 fully saturated rings. The molecule has 10 heteroatoms. The highest BCUT2D eigenvalue weighted by molar-refractivity contribution is 5.99. The zero-order valence-corrected chi connectivity index (χ0v) is 19.3. The van der Waals surface area contributed by atoms with Gasteiger partial charge in [0.15, 0.2) is 5.82 Å². The number of likely N-dealkylation sites (tertiary alicyclic amines) is 1. The largest absolute Gasteiger partial charge is 0.474 e. The Morgan fingerprint density at radius 1 is 1.29 bits per heavy atom. The maximum Gasteiger partial charge on any atom is 0.413 e. The van der Waals surface area contributed by atoms with Gasteiger partial charge in [-0.05, 0) is 43.0 Å². The average Bonchev–Trinajstić information content (AvgIpc) is 3.14. The first-order valence-electron chi connectivity index (χ1n) is 11.2. The zero-order chi connectivity index (χ0) is 24.1. The monoisotopic (exact) mass is 466 g/mol. The van der Waals surface area contributed by atoms with Crippen molar-refractivity contribution in [2.24, 2.45) is 5.92 Å². The van der Waals surface area contributed by atoms with E-state index in [1.54, 1.807) is 18.3 Å². The fourth-order valence-corrected chi connectivity index (χ4v) is 5.04. The molecule has 0 spiro atoms. The van der Waals surface area contributed by atoms with Crippen LogP contribution in [0.15, 0.2) is 24.5 Å². The minimum Gasteiger partial charge on any atom is -0.474 e. The van der Waals surface area contributed by atoms with E-state index in [4.69, 9.17) is 10.5 Å². The summed E-state index contributed by atoms with van der Waals surface area (Å²) >= 11 is 0. The topological polar surface area (TPSA) is 117 Å². The van der Waals surface area contributed by atoms with Crippen LogP contribution in [-0.2, 0) is 0 Å². The number of likely N-dealkylation sites (N-methyl/N-ethyl adjacent to an activating group) is 1. The van der Waals surface area contributed by atoms with Gasteiger partial charge < -0.3 is 25.8 Å². The van der Waals surface area contributed by atoms with Crippen molar-refractivity contribution in [3.05, 3.63) is 35.9 Å². The number of aromatic nitrogens is 2. The van der Waals surface area contributed by atoms with Crippen LogP contribution in [0.1, 0.15) is 12.5 Å². The predicted octanol–water partition coefficient (Wildman–Crippen LogP) is 3.57. The Morgan fingerprint density at radius 3 is 2.79 bits per heavy atom. The van der Waals surface area contributed by atoms with Gasteiger partial charge in [0.25, 0.3) is 0 Å². The Kier molecular flexibility index (Phi) is 5.40. The molecular weight excluding hydrogens is 439 g/mol. The summed E-state index contributed by atoms with van der Waals surface area (Å²) in [6.07, 6.45) is 1.95. The molecule has 0 aliphatic carbocycles. The number of carboxylic acid groups (broad SMARTS) is 1. The van der Waals surface area contributed by atoms with Crippen molar-refractivity contribution in [3.8, 4) is 17.0 Å². The molecule has 4 heterocycles. The van der Waals surface area contributed by atoms with Crippen molar-refractivity contribution < 1.29 is 19.0 Å². The van der Waals surface area contributed by atoms with Gasteiger partial charge in [-0.15, -0.1) is 0 Å². The van der Waals surface area contributed by atoms with E-state index in [2.05, 4.69) is 20.2 Å². The number of nitrogens with zero attached hydrogens (tertiary/aromatic N) is 4. The second-order valence-electron chi connectivity index (χ2n) is 9.09. The molecule has 2 aliphatic heterocycles. The van der Waals surface area contributed by atoms with Crippen LogP contribution in [0, 0.1) is 18.7 Å². The Hall–Kier alpha value is -3.66. The van der Waals surface area contributed by atoms with E-state index in [-0.39, 0.29) is 23.2 Å². The number of hydrogen-bond acceptors (Lipinski definition) is 7. The second-order valence-corrected chi connectivity index (χ2v) is 9.09. The Morgan fingerprint density at radius 2 is 2.09 bits per heavy atom. The summed E-state index contributed by atoms with van der Waals surface area (Å²) in [5.41, 5.74) is 8.55. The molecule has 3 aromatic rings. The summed E-state index contributed by atoms with van der Waals surface area (Å²) < 4.78 is 21.0. The van der Waals surface area contributed by atoms with Gasteiger partial charge in [0.2, 0.25) is 5.88 Å². The lowest BCUT2D eigenvalue weighted by molar-refractivity contribution is 0.197. The fourth-order valence-electron chi connectivity index (χ4n) is 5.04. The van der Waals surface area contributed by atoms with E-state index < -0.39 is 11.9 Å². The first-order valence-corrected chi connectivity index (χ1v) is 11.2. The van der Waals surface area contributed by atoms with Gasteiger partial charge in [0, 0.05) is 48.5 Å². The lowest BCUT2D eigenvalue weighted by Gasteiger charge is -2.28. The van der Waals surface area contributed by atoms with E-state index in [0.717, 1.165) is 17.8 Å². The van der Waals surface area contributed by atoms with Gasteiger partial charge >= 0.3 is 6.09 Å². The Balaban J connectivity index is 1.64. The summed E-state index contributed by atoms with van der Waals surface area (Å²) in [6.45, 7) is 6.46. The molecule has 0 saturated carbocycles. The molecule has 1 amide bonds. The number of anilines is 3. The van der Waals surface area contributed by atoms with Gasteiger partial charge in [-0.1, -0.05) is 6.92 Å². The van der Waals surface area contributed by atoms with E-state index >= 15 is 4.39 Å².